The lowest BCUT2D eigenvalue weighted by molar-refractivity contribution is 0.543. The highest BCUT2D eigenvalue weighted by Crippen LogP contribution is 2.21. The normalized spacial score (nSPS) is 10.3. The van der Waals surface area contributed by atoms with Gasteiger partial charge >= 0.3 is 0 Å². The number of oxazole rings is 1. The molecule has 2 aromatic heterocycles. The molecule has 0 fully saturated rings. The molecule has 0 atom stereocenters. The van der Waals surface area contributed by atoms with Crippen molar-refractivity contribution in [3.05, 3.63) is 95.6 Å². The zero-order valence-corrected chi connectivity index (χ0v) is 12.9. The second-order valence-corrected chi connectivity index (χ2v) is 5.39. The molecule has 0 aliphatic carbocycles. The maximum atomic E-state index is 5.96. The number of hydrogen-bond acceptors (Lipinski definition) is 3. The molecule has 0 saturated carbocycles. The van der Waals surface area contributed by atoms with Crippen molar-refractivity contribution in [1.82, 2.24) is 9.97 Å². The second kappa shape index (κ2) is 6.39. The quantitative estimate of drug-likeness (QED) is 0.521. The molecular weight excluding hydrogens is 296 g/mol. The summed E-state index contributed by atoms with van der Waals surface area (Å²) in [5, 5.41) is 0. The first-order chi connectivity index (χ1) is 11.9. The van der Waals surface area contributed by atoms with E-state index in [1.807, 2.05) is 54.6 Å². The van der Waals surface area contributed by atoms with Crippen molar-refractivity contribution in [2.45, 2.75) is 6.42 Å². The predicted octanol–water partition coefficient (Wildman–Crippen LogP) is 4.21. The Labute approximate surface area is 140 Å². The van der Waals surface area contributed by atoms with Crippen molar-refractivity contribution < 1.29 is 4.42 Å². The number of rotatable bonds is 2. The molecule has 0 unspecified atom stereocenters. The number of aromatic nitrogens is 2. The van der Waals surface area contributed by atoms with E-state index >= 15 is 0 Å². The van der Waals surface area contributed by atoms with Gasteiger partial charge in [-0.2, -0.15) is 0 Å². The van der Waals surface area contributed by atoms with E-state index in [0.29, 0.717) is 12.3 Å². The van der Waals surface area contributed by atoms with Crippen LogP contribution in [-0.2, 0) is 6.42 Å². The van der Waals surface area contributed by atoms with Crippen LogP contribution < -0.4 is 0 Å². The molecule has 24 heavy (non-hydrogen) atoms. The zero-order valence-electron chi connectivity index (χ0n) is 12.9. The van der Waals surface area contributed by atoms with Gasteiger partial charge in [0.05, 0.1) is 5.56 Å². The Kier molecular flexibility index (Phi) is 3.79. The minimum absolute atomic E-state index is 0.669. The van der Waals surface area contributed by atoms with Crippen molar-refractivity contribution >= 4 is 11.1 Å². The first-order valence-corrected chi connectivity index (χ1v) is 7.74. The fraction of sp³-hybridized carbons (Fsp3) is 0.0476. The third kappa shape index (κ3) is 3.04. The number of para-hydroxylation sites is 1. The summed E-state index contributed by atoms with van der Waals surface area (Å²) >= 11 is 0. The first kappa shape index (κ1) is 14.2. The largest absolute Gasteiger partial charge is 0.439 e. The van der Waals surface area contributed by atoms with Gasteiger partial charge in [0.1, 0.15) is 11.2 Å². The molecule has 0 spiro atoms. The summed E-state index contributed by atoms with van der Waals surface area (Å²) in [5.41, 5.74) is 4.29. The molecule has 0 radical (unpaired) electrons. The van der Waals surface area contributed by atoms with Crippen LogP contribution in [0.15, 0.2) is 77.3 Å². The van der Waals surface area contributed by atoms with E-state index in [-0.39, 0.29) is 0 Å². The van der Waals surface area contributed by atoms with Gasteiger partial charge in [0.2, 0.25) is 0 Å². The monoisotopic (exact) mass is 310 g/mol. The Morgan fingerprint density at radius 2 is 1.71 bits per heavy atom. The van der Waals surface area contributed by atoms with Gasteiger partial charge in [-0.3, -0.25) is 0 Å². The Morgan fingerprint density at radius 3 is 2.54 bits per heavy atom. The number of benzene rings is 2. The smallest absolute Gasteiger partial charge is 0.199 e. The van der Waals surface area contributed by atoms with Gasteiger partial charge in [-0.1, -0.05) is 48.4 Å². The van der Waals surface area contributed by atoms with Gasteiger partial charge in [-0.25, -0.2) is 9.97 Å². The number of hydrogen-bond donors (Lipinski definition) is 0. The summed E-state index contributed by atoms with van der Waals surface area (Å²) in [7, 11) is 0. The third-order valence-corrected chi connectivity index (χ3v) is 3.65. The van der Waals surface area contributed by atoms with Crippen LogP contribution in [0.5, 0.6) is 0 Å². The van der Waals surface area contributed by atoms with Gasteiger partial charge < -0.3 is 4.42 Å². The average molecular weight is 310 g/mol. The molecule has 0 bridgehead atoms. The Bertz CT molecular complexity index is 1030. The Hall–Kier alpha value is -3.38. The summed E-state index contributed by atoms with van der Waals surface area (Å²) in [4.78, 5) is 8.79. The fourth-order valence-electron chi connectivity index (χ4n) is 2.51. The molecule has 3 heteroatoms. The highest BCUT2D eigenvalue weighted by atomic mass is 16.3. The van der Waals surface area contributed by atoms with E-state index in [2.05, 4.69) is 33.9 Å². The molecule has 2 heterocycles. The van der Waals surface area contributed by atoms with Crippen LogP contribution in [0.3, 0.4) is 0 Å². The molecule has 0 saturated heterocycles. The topological polar surface area (TPSA) is 38.9 Å². The lowest BCUT2D eigenvalue weighted by Gasteiger charge is -1.95. The summed E-state index contributed by atoms with van der Waals surface area (Å²) in [5.74, 6) is 6.90. The van der Waals surface area contributed by atoms with Crippen molar-refractivity contribution in [2.24, 2.45) is 0 Å². The van der Waals surface area contributed by atoms with Crippen LogP contribution in [0.25, 0.3) is 11.1 Å². The average Bonchev–Trinajstić information content (AvgIpc) is 3.04. The van der Waals surface area contributed by atoms with Gasteiger partial charge in [0, 0.05) is 12.6 Å². The lowest BCUT2D eigenvalue weighted by Crippen LogP contribution is -1.86. The van der Waals surface area contributed by atoms with E-state index in [4.69, 9.17) is 4.42 Å². The molecule has 114 valence electrons. The number of pyridine rings is 1. The van der Waals surface area contributed by atoms with Crippen LogP contribution in [0.4, 0.5) is 0 Å². The first-order valence-electron chi connectivity index (χ1n) is 7.74. The van der Waals surface area contributed by atoms with E-state index in [1.54, 1.807) is 6.20 Å². The predicted molar refractivity (Wildman–Crippen MR) is 93.5 cm³/mol. The SMILES string of the molecule is C(#Cc1cccc2nc(Cc3ccccc3)oc12)c1ccccn1. The van der Waals surface area contributed by atoms with Crippen LogP contribution in [0, 0.1) is 11.8 Å². The molecule has 0 aliphatic rings. The molecule has 4 aromatic rings. The standard InChI is InChI=1S/C21H14N2O/c1-2-7-16(8-3-1)15-20-23-19-11-6-9-17(21(19)24-20)12-13-18-10-4-5-14-22-18/h1-11,14H,15H2. The maximum Gasteiger partial charge on any atom is 0.199 e. The number of fused-ring (bicyclic) bond motifs is 1. The Morgan fingerprint density at radius 1 is 0.833 bits per heavy atom. The van der Waals surface area contributed by atoms with E-state index < -0.39 is 0 Å². The molecule has 3 nitrogen and oxygen atoms in total. The van der Waals surface area contributed by atoms with Crippen LogP contribution in [0.2, 0.25) is 0 Å². The summed E-state index contributed by atoms with van der Waals surface area (Å²) in [6.07, 6.45) is 2.40. The third-order valence-electron chi connectivity index (χ3n) is 3.65. The van der Waals surface area contributed by atoms with Crippen molar-refractivity contribution in [3.63, 3.8) is 0 Å². The fourth-order valence-corrected chi connectivity index (χ4v) is 2.51. The van der Waals surface area contributed by atoms with E-state index in [1.165, 1.54) is 5.56 Å². The lowest BCUT2D eigenvalue weighted by atomic mass is 10.1. The minimum atomic E-state index is 0.669. The van der Waals surface area contributed by atoms with Crippen molar-refractivity contribution in [1.29, 1.82) is 0 Å². The maximum absolute atomic E-state index is 5.96. The van der Waals surface area contributed by atoms with Gasteiger partial charge in [-0.05, 0) is 35.7 Å². The number of nitrogens with zero attached hydrogens (tertiary/aromatic N) is 2. The summed E-state index contributed by atoms with van der Waals surface area (Å²) < 4.78 is 5.96. The summed E-state index contributed by atoms with van der Waals surface area (Å²) in [6, 6.07) is 21.7. The van der Waals surface area contributed by atoms with Crippen molar-refractivity contribution in [3.8, 4) is 11.8 Å². The van der Waals surface area contributed by atoms with Gasteiger partial charge in [-0.15, -0.1) is 0 Å². The Balaban J connectivity index is 1.69. The van der Waals surface area contributed by atoms with Crippen LogP contribution in [0.1, 0.15) is 22.7 Å². The molecule has 0 amide bonds. The molecular formula is C21H14N2O. The molecule has 0 N–H and O–H groups in total. The van der Waals surface area contributed by atoms with E-state index in [9.17, 15) is 0 Å². The van der Waals surface area contributed by atoms with Gasteiger partial charge in [0.15, 0.2) is 11.5 Å². The zero-order chi connectivity index (χ0) is 16.2. The van der Waals surface area contributed by atoms with Crippen molar-refractivity contribution in [2.75, 3.05) is 0 Å². The molecule has 4 rings (SSSR count). The van der Waals surface area contributed by atoms with E-state index in [0.717, 1.165) is 22.4 Å². The second-order valence-electron chi connectivity index (χ2n) is 5.39. The van der Waals surface area contributed by atoms with Gasteiger partial charge in [0.25, 0.3) is 0 Å². The minimum Gasteiger partial charge on any atom is -0.439 e. The molecule has 2 aromatic carbocycles. The van der Waals surface area contributed by atoms with Crippen LogP contribution >= 0.6 is 0 Å². The molecule has 0 aliphatic heterocycles. The highest BCUT2D eigenvalue weighted by molar-refractivity contribution is 5.79. The highest BCUT2D eigenvalue weighted by Gasteiger charge is 2.09. The van der Waals surface area contributed by atoms with Crippen LogP contribution in [-0.4, -0.2) is 9.97 Å². The summed E-state index contributed by atoms with van der Waals surface area (Å²) in [6.45, 7) is 0.